The fraction of sp³-hybridized carbons (Fsp3) is 0.364. The molecule has 0 N–H and O–H groups in total. The summed E-state index contributed by atoms with van der Waals surface area (Å²) in [5.74, 6) is -1.35. The molecule has 0 unspecified atom stereocenters. The van der Waals surface area contributed by atoms with Crippen molar-refractivity contribution in [1.29, 1.82) is 0 Å². The minimum Gasteiger partial charge on any atom is -0.469 e. The Morgan fingerprint density at radius 3 is 2.24 bits per heavy atom. The number of alkyl halides is 2. The van der Waals surface area contributed by atoms with Gasteiger partial charge in [0.15, 0.2) is 0 Å². The molecule has 2 atom stereocenters. The number of benzene rings is 1. The summed E-state index contributed by atoms with van der Waals surface area (Å²) in [5.41, 5.74) is 0.739. The molecule has 0 amide bonds. The highest BCUT2D eigenvalue weighted by atomic mass is 35.5. The number of hydrogen-bond acceptors (Lipinski definition) is 2. The van der Waals surface area contributed by atoms with Crippen LogP contribution in [0.3, 0.4) is 0 Å². The molecule has 0 radical (unpaired) electrons. The molecule has 92 valence electrons. The number of carbonyl (C=O) groups is 1. The third kappa shape index (κ3) is 2.37. The van der Waals surface area contributed by atoms with Gasteiger partial charge in [-0.15, -0.1) is 0 Å². The Labute approximate surface area is 119 Å². The zero-order valence-electron chi connectivity index (χ0n) is 8.72. The van der Waals surface area contributed by atoms with Crippen LogP contribution in [0.25, 0.3) is 0 Å². The summed E-state index contributed by atoms with van der Waals surface area (Å²) in [6.07, 6.45) is 0. The minimum absolute atomic E-state index is 0.338. The molecule has 1 aromatic carbocycles. The number of halogens is 4. The largest absolute Gasteiger partial charge is 0.469 e. The third-order valence-electron chi connectivity index (χ3n) is 2.75. The van der Waals surface area contributed by atoms with Gasteiger partial charge in [-0.05, 0) is 23.8 Å². The fourth-order valence-corrected chi connectivity index (χ4v) is 3.27. The average Bonchev–Trinajstić information content (AvgIpc) is 2.79. The van der Waals surface area contributed by atoms with Crippen LogP contribution in [-0.2, 0) is 9.53 Å². The molecule has 0 heterocycles. The van der Waals surface area contributed by atoms with Crippen molar-refractivity contribution in [1.82, 2.24) is 0 Å². The summed E-state index contributed by atoms with van der Waals surface area (Å²) < 4.78 is 3.50. The van der Waals surface area contributed by atoms with Gasteiger partial charge in [-0.3, -0.25) is 4.79 Å². The van der Waals surface area contributed by atoms with Crippen LogP contribution in [0.15, 0.2) is 18.2 Å². The molecule has 0 aliphatic heterocycles. The molecular weight excluding hydrogens is 306 g/mol. The van der Waals surface area contributed by atoms with Crippen LogP contribution in [0.5, 0.6) is 0 Å². The lowest BCUT2D eigenvalue weighted by Gasteiger charge is -2.02. The number of carbonyl (C=O) groups excluding carboxylic acids is 1. The third-order valence-corrected chi connectivity index (χ3v) is 4.13. The van der Waals surface area contributed by atoms with E-state index in [4.69, 9.17) is 46.4 Å². The molecule has 0 spiro atoms. The number of rotatable bonds is 2. The van der Waals surface area contributed by atoms with E-state index < -0.39 is 16.2 Å². The first-order chi connectivity index (χ1) is 7.87. The second-order valence-corrected chi connectivity index (χ2v) is 6.17. The molecule has 0 bridgehead atoms. The molecule has 17 heavy (non-hydrogen) atoms. The summed E-state index contributed by atoms with van der Waals surface area (Å²) in [6.45, 7) is 0. The lowest BCUT2D eigenvalue weighted by atomic mass is 10.1. The van der Waals surface area contributed by atoms with Crippen molar-refractivity contribution in [3.05, 3.63) is 33.8 Å². The lowest BCUT2D eigenvalue weighted by molar-refractivity contribution is -0.142. The number of hydrogen-bond donors (Lipinski definition) is 0. The van der Waals surface area contributed by atoms with Crippen molar-refractivity contribution in [2.24, 2.45) is 5.92 Å². The monoisotopic (exact) mass is 312 g/mol. The summed E-state index contributed by atoms with van der Waals surface area (Å²) in [7, 11) is 1.30. The summed E-state index contributed by atoms with van der Waals surface area (Å²) in [5, 5.41) is 0.958. The van der Waals surface area contributed by atoms with E-state index in [1.54, 1.807) is 18.2 Å². The first kappa shape index (κ1) is 13.3. The minimum atomic E-state index is -1.15. The van der Waals surface area contributed by atoms with Crippen molar-refractivity contribution in [3.8, 4) is 0 Å². The Morgan fingerprint density at radius 1 is 1.24 bits per heavy atom. The summed E-state index contributed by atoms with van der Waals surface area (Å²) >= 11 is 23.9. The SMILES string of the molecule is COC(=O)[C@H]1[C@H](c2cc(Cl)cc(Cl)c2)C1(Cl)Cl. The van der Waals surface area contributed by atoms with Gasteiger partial charge in [0.1, 0.15) is 10.3 Å². The highest BCUT2D eigenvalue weighted by molar-refractivity contribution is 6.53. The molecule has 6 heteroatoms. The van der Waals surface area contributed by atoms with E-state index in [0.717, 1.165) is 5.56 Å². The Balaban J connectivity index is 2.33. The maximum atomic E-state index is 11.5. The van der Waals surface area contributed by atoms with Crippen LogP contribution in [0.1, 0.15) is 11.5 Å². The van der Waals surface area contributed by atoms with E-state index in [-0.39, 0.29) is 5.92 Å². The van der Waals surface area contributed by atoms with Crippen LogP contribution in [-0.4, -0.2) is 17.4 Å². The van der Waals surface area contributed by atoms with Gasteiger partial charge in [0.2, 0.25) is 0 Å². The summed E-state index contributed by atoms with van der Waals surface area (Å²) in [4.78, 5) is 11.5. The molecule has 2 rings (SSSR count). The Bertz CT molecular complexity index is 452. The molecule has 1 aromatic rings. The van der Waals surface area contributed by atoms with Crippen LogP contribution >= 0.6 is 46.4 Å². The van der Waals surface area contributed by atoms with E-state index >= 15 is 0 Å². The van der Waals surface area contributed by atoms with Crippen molar-refractivity contribution >= 4 is 52.4 Å². The van der Waals surface area contributed by atoms with Crippen molar-refractivity contribution < 1.29 is 9.53 Å². The predicted molar refractivity (Wildman–Crippen MR) is 69.1 cm³/mol. The Hall–Kier alpha value is -0.150. The quantitative estimate of drug-likeness (QED) is 0.608. The van der Waals surface area contributed by atoms with E-state index in [1.165, 1.54) is 7.11 Å². The molecule has 1 aliphatic rings. The second-order valence-electron chi connectivity index (χ2n) is 3.86. The fourth-order valence-electron chi connectivity index (χ4n) is 1.92. The van der Waals surface area contributed by atoms with Gasteiger partial charge >= 0.3 is 5.97 Å². The number of methoxy groups -OCH3 is 1. The second kappa shape index (κ2) is 4.51. The predicted octanol–water partition coefficient (Wildman–Crippen LogP) is 4.05. The Kier molecular flexibility index (Phi) is 3.52. The van der Waals surface area contributed by atoms with Gasteiger partial charge in [0, 0.05) is 16.0 Å². The van der Waals surface area contributed by atoms with Gasteiger partial charge in [0.05, 0.1) is 7.11 Å². The number of ether oxygens (including phenoxy) is 1. The molecule has 1 aliphatic carbocycles. The van der Waals surface area contributed by atoms with Crippen molar-refractivity contribution in [2.75, 3.05) is 7.11 Å². The maximum Gasteiger partial charge on any atom is 0.312 e. The average molecular weight is 314 g/mol. The smallest absolute Gasteiger partial charge is 0.312 e. The highest BCUT2D eigenvalue weighted by Gasteiger charge is 2.68. The topological polar surface area (TPSA) is 26.3 Å². The standard InChI is InChI=1S/C11H8Cl4O2/c1-17-10(16)9-8(11(9,14)15)5-2-6(12)4-7(13)3-5/h2-4,8-9H,1H3/t8-,9+/m0/s1. The molecule has 1 fully saturated rings. The van der Waals surface area contributed by atoms with Crippen LogP contribution < -0.4 is 0 Å². The van der Waals surface area contributed by atoms with E-state index in [0.29, 0.717) is 10.0 Å². The van der Waals surface area contributed by atoms with Gasteiger partial charge in [-0.25, -0.2) is 0 Å². The highest BCUT2D eigenvalue weighted by Crippen LogP contribution is 2.65. The molecule has 0 saturated heterocycles. The summed E-state index contributed by atoms with van der Waals surface area (Å²) in [6, 6.07) is 4.99. The van der Waals surface area contributed by atoms with Crippen LogP contribution in [0.4, 0.5) is 0 Å². The van der Waals surface area contributed by atoms with Crippen LogP contribution in [0.2, 0.25) is 10.0 Å². The van der Waals surface area contributed by atoms with Gasteiger partial charge < -0.3 is 4.74 Å². The number of esters is 1. The van der Waals surface area contributed by atoms with Gasteiger partial charge in [-0.2, -0.15) is 0 Å². The van der Waals surface area contributed by atoms with Gasteiger partial charge in [0.25, 0.3) is 0 Å². The Morgan fingerprint density at radius 2 is 1.76 bits per heavy atom. The molecule has 2 nitrogen and oxygen atoms in total. The van der Waals surface area contributed by atoms with Crippen molar-refractivity contribution in [3.63, 3.8) is 0 Å². The molecule has 0 aromatic heterocycles. The maximum absolute atomic E-state index is 11.5. The van der Waals surface area contributed by atoms with Crippen LogP contribution in [0, 0.1) is 5.92 Å². The zero-order valence-corrected chi connectivity index (χ0v) is 11.7. The normalized spacial score (nSPS) is 25.5. The van der Waals surface area contributed by atoms with Gasteiger partial charge in [-0.1, -0.05) is 46.4 Å². The van der Waals surface area contributed by atoms with Crippen molar-refractivity contribution in [2.45, 2.75) is 10.3 Å². The van der Waals surface area contributed by atoms with E-state index in [2.05, 4.69) is 4.74 Å². The lowest BCUT2D eigenvalue weighted by Crippen LogP contribution is -2.07. The zero-order chi connectivity index (χ0) is 12.8. The van der Waals surface area contributed by atoms with E-state index in [9.17, 15) is 4.79 Å². The first-order valence-electron chi connectivity index (χ1n) is 4.79. The molecular formula is C11H8Cl4O2. The molecule has 1 saturated carbocycles. The first-order valence-corrected chi connectivity index (χ1v) is 6.30. The van der Waals surface area contributed by atoms with E-state index in [1.807, 2.05) is 0 Å².